The number of hydrogen-bond acceptors (Lipinski definition) is 0. The molecule has 0 unspecified atom stereocenters. The van der Waals surface area contributed by atoms with Crippen molar-refractivity contribution in [3.05, 3.63) is 69.3 Å². The fourth-order valence-corrected chi connectivity index (χ4v) is 2.94. The fraction of sp³-hybridized carbons (Fsp3) is 0.333. The van der Waals surface area contributed by atoms with E-state index < -0.39 is 0 Å². The number of aryl methyl sites for hydroxylation is 2. The molecule has 0 heterocycles. The van der Waals surface area contributed by atoms with E-state index in [1.807, 2.05) is 0 Å². The Bertz CT molecular complexity index is 663. The summed E-state index contributed by atoms with van der Waals surface area (Å²) in [6.07, 6.45) is 0. The topological polar surface area (TPSA) is 0 Å². The summed E-state index contributed by atoms with van der Waals surface area (Å²) in [6.45, 7) is 15.3. The number of hydrogen-bond donors (Lipinski definition) is 0. The van der Waals surface area contributed by atoms with Gasteiger partial charge in [0.05, 0.1) is 0 Å². The molecule has 0 atom stereocenters. The Hall–Kier alpha value is -1.08. The van der Waals surface area contributed by atoms with Crippen molar-refractivity contribution in [2.45, 2.75) is 48.5 Å². The summed E-state index contributed by atoms with van der Waals surface area (Å²) in [5, 5.41) is 2.79. The maximum absolute atomic E-state index is 2.20. The van der Waals surface area contributed by atoms with E-state index in [1.54, 1.807) is 0 Å². The Kier molecular flexibility index (Phi) is 10.5. The van der Waals surface area contributed by atoms with Gasteiger partial charge in [-0.3, -0.25) is 0 Å². The van der Waals surface area contributed by atoms with Crippen molar-refractivity contribution in [2.24, 2.45) is 0 Å². The van der Waals surface area contributed by atoms with E-state index in [0.29, 0.717) is 0 Å². The molecule has 0 nitrogen and oxygen atoms in total. The second-order valence-electron chi connectivity index (χ2n) is 6.18. The maximum Gasteiger partial charge on any atom is 4.00 e. The van der Waals surface area contributed by atoms with Crippen LogP contribution in [-0.4, -0.2) is 0 Å². The van der Waals surface area contributed by atoms with E-state index in [2.05, 4.69) is 78.8 Å². The first-order valence-electron chi connectivity index (χ1n) is 7.65. The number of halogens is 2. The Labute approximate surface area is 163 Å². The monoisotopic (exact) mass is 406 g/mol. The first-order chi connectivity index (χ1) is 9.84. The Morgan fingerprint density at radius 3 is 1.58 bits per heavy atom. The third-order valence-electron chi connectivity index (χ3n) is 5.06. The van der Waals surface area contributed by atoms with Crippen LogP contribution in [0.25, 0.3) is 10.8 Å². The minimum Gasteiger partial charge on any atom is -1.00 e. The summed E-state index contributed by atoms with van der Waals surface area (Å²) in [5.41, 5.74) is 10.1. The van der Waals surface area contributed by atoms with Gasteiger partial charge in [-0.2, -0.15) is 39.9 Å². The van der Waals surface area contributed by atoms with Crippen LogP contribution in [0.5, 0.6) is 0 Å². The molecule has 0 spiro atoms. The van der Waals surface area contributed by atoms with Gasteiger partial charge in [0.2, 0.25) is 0 Å². The summed E-state index contributed by atoms with van der Waals surface area (Å²) < 4.78 is 0. The quantitative estimate of drug-likeness (QED) is 0.465. The minimum absolute atomic E-state index is 0. The van der Waals surface area contributed by atoms with E-state index in [9.17, 15) is 0 Å². The standard InChI is InChI=1S/C11H11.C10H15.2FH.Zr/c1-8-6-7-9(2)11-5-3-4-10(8)11;1-6-7(2)9(4)10(5)8(6)3;;;/h3-7H,1-2H3;1-5H3;2*1H;/q2*-1;;;+4/p-2. The average Bonchev–Trinajstić information content (AvgIpc) is 3.03. The van der Waals surface area contributed by atoms with E-state index in [4.69, 9.17) is 0 Å². The van der Waals surface area contributed by atoms with Crippen LogP contribution in [-0.2, 0) is 26.2 Å². The zero-order valence-corrected chi connectivity index (χ0v) is 18.1. The van der Waals surface area contributed by atoms with Gasteiger partial charge in [0.15, 0.2) is 0 Å². The molecule has 0 radical (unpaired) electrons. The van der Waals surface area contributed by atoms with Crippen LogP contribution >= 0.6 is 0 Å². The van der Waals surface area contributed by atoms with E-state index >= 15 is 0 Å². The van der Waals surface area contributed by atoms with Gasteiger partial charge in [-0.15, -0.1) is 28.5 Å². The largest absolute Gasteiger partial charge is 4.00 e. The van der Waals surface area contributed by atoms with Gasteiger partial charge >= 0.3 is 26.2 Å². The van der Waals surface area contributed by atoms with Gasteiger partial charge in [-0.25, -0.2) is 0 Å². The summed E-state index contributed by atoms with van der Waals surface area (Å²) in [5.74, 6) is 0. The summed E-state index contributed by atoms with van der Waals surface area (Å²) >= 11 is 0. The van der Waals surface area contributed by atoms with Gasteiger partial charge in [0.1, 0.15) is 0 Å². The Morgan fingerprint density at radius 1 is 0.750 bits per heavy atom. The molecule has 0 N–H and O–H groups in total. The second kappa shape index (κ2) is 10.0. The van der Waals surface area contributed by atoms with Crippen LogP contribution in [0.1, 0.15) is 38.9 Å². The zero-order chi connectivity index (χ0) is 15.7. The Balaban J connectivity index is 0. The first-order valence-corrected chi connectivity index (χ1v) is 7.65. The molecule has 128 valence electrons. The predicted molar refractivity (Wildman–Crippen MR) is 94.7 cm³/mol. The van der Waals surface area contributed by atoms with Crippen LogP contribution < -0.4 is 9.41 Å². The van der Waals surface area contributed by atoms with Gasteiger partial charge in [0.25, 0.3) is 0 Å². The molecule has 3 aromatic carbocycles. The average molecular weight is 408 g/mol. The van der Waals surface area contributed by atoms with Crippen LogP contribution in [0.2, 0.25) is 0 Å². The molecular formula is C21H26F2Zr. The fourth-order valence-electron chi connectivity index (χ4n) is 2.94. The normalized spacial score (nSPS) is 9.29. The van der Waals surface area contributed by atoms with Crippen molar-refractivity contribution in [3.8, 4) is 0 Å². The molecule has 0 amide bonds. The van der Waals surface area contributed by atoms with Crippen molar-refractivity contribution in [1.29, 1.82) is 0 Å². The molecule has 3 rings (SSSR count). The van der Waals surface area contributed by atoms with E-state index in [0.717, 1.165) is 0 Å². The van der Waals surface area contributed by atoms with Crippen molar-refractivity contribution >= 4 is 10.8 Å². The van der Waals surface area contributed by atoms with E-state index in [-0.39, 0.29) is 35.6 Å². The van der Waals surface area contributed by atoms with Gasteiger partial charge < -0.3 is 9.41 Å². The molecule has 3 aromatic rings. The molecule has 0 saturated heterocycles. The van der Waals surface area contributed by atoms with Gasteiger partial charge in [0, 0.05) is 0 Å². The predicted octanol–water partition coefficient (Wildman–Crippen LogP) is 0.129. The second-order valence-corrected chi connectivity index (χ2v) is 6.18. The summed E-state index contributed by atoms with van der Waals surface area (Å²) in [7, 11) is 0. The molecule has 3 heteroatoms. The van der Waals surface area contributed by atoms with Crippen molar-refractivity contribution in [3.63, 3.8) is 0 Å². The molecule has 0 fully saturated rings. The third-order valence-corrected chi connectivity index (χ3v) is 5.06. The number of benzene rings is 1. The first kappa shape index (κ1) is 25.2. The van der Waals surface area contributed by atoms with Crippen LogP contribution in [0.4, 0.5) is 0 Å². The van der Waals surface area contributed by atoms with Crippen LogP contribution in [0, 0.1) is 48.5 Å². The Morgan fingerprint density at radius 2 is 1.21 bits per heavy atom. The molecule has 0 aliphatic carbocycles. The SMILES string of the molecule is Cc1c(C)c(C)[c-](C)c1C.Cc1ccc(C)c2[cH-]ccc12.[F-].[F-].[Zr+4]. The zero-order valence-electron chi connectivity index (χ0n) is 15.6. The van der Waals surface area contributed by atoms with Crippen molar-refractivity contribution in [2.75, 3.05) is 0 Å². The van der Waals surface area contributed by atoms with Crippen LogP contribution in [0.3, 0.4) is 0 Å². The summed E-state index contributed by atoms with van der Waals surface area (Å²) in [4.78, 5) is 0. The molecule has 0 aliphatic rings. The van der Waals surface area contributed by atoms with Gasteiger partial charge in [-0.05, 0) is 6.92 Å². The van der Waals surface area contributed by atoms with E-state index in [1.165, 1.54) is 49.7 Å². The molecule has 0 aromatic heterocycles. The van der Waals surface area contributed by atoms with Crippen molar-refractivity contribution < 1.29 is 35.6 Å². The number of fused-ring (bicyclic) bond motifs is 1. The number of rotatable bonds is 0. The summed E-state index contributed by atoms with van der Waals surface area (Å²) in [6, 6.07) is 10.8. The molecule has 0 aliphatic heterocycles. The smallest absolute Gasteiger partial charge is 1.00 e. The van der Waals surface area contributed by atoms with Gasteiger partial charge in [-0.1, -0.05) is 53.2 Å². The molecule has 0 saturated carbocycles. The molecule has 24 heavy (non-hydrogen) atoms. The molecular weight excluding hydrogens is 381 g/mol. The molecule has 0 bridgehead atoms. The van der Waals surface area contributed by atoms with Crippen molar-refractivity contribution in [1.82, 2.24) is 0 Å². The third kappa shape index (κ3) is 4.73. The van der Waals surface area contributed by atoms with Crippen LogP contribution in [0.15, 0.2) is 30.3 Å². The maximum atomic E-state index is 2.20. The minimum atomic E-state index is 0.